The van der Waals surface area contributed by atoms with Gasteiger partial charge in [-0.2, -0.15) is 0 Å². The molecule has 2 aromatic rings. The summed E-state index contributed by atoms with van der Waals surface area (Å²) >= 11 is 0. The molecule has 0 spiro atoms. The highest BCUT2D eigenvalue weighted by atomic mass is 16.5. The van der Waals surface area contributed by atoms with Gasteiger partial charge in [-0.15, -0.1) is 0 Å². The van der Waals surface area contributed by atoms with E-state index < -0.39 is 0 Å². The smallest absolute Gasteiger partial charge is 0.225 e. The molecule has 2 fully saturated rings. The molecule has 0 bridgehead atoms. The lowest BCUT2D eigenvalue weighted by Gasteiger charge is -2.37. The highest BCUT2D eigenvalue weighted by molar-refractivity contribution is 5.79. The first-order valence-electron chi connectivity index (χ1n) is 11.4. The lowest BCUT2D eigenvalue weighted by molar-refractivity contribution is -0.138. The van der Waals surface area contributed by atoms with Crippen LogP contribution < -0.4 is 4.74 Å². The second-order valence-corrected chi connectivity index (χ2v) is 9.00. The van der Waals surface area contributed by atoms with Gasteiger partial charge in [-0.3, -0.25) is 9.69 Å². The van der Waals surface area contributed by atoms with E-state index in [0.717, 1.165) is 57.7 Å². The number of piperidine rings is 2. The van der Waals surface area contributed by atoms with Crippen molar-refractivity contribution in [3.63, 3.8) is 0 Å². The topological polar surface area (TPSA) is 32.8 Å². The van der Waals surface area contributed by atoms with Crippen molar-refractivity contribution >= 4 is 5.91 Å². The van der Waals surface area contributed by atoms with Crippen molar-refractivity contribution in [1.29, 1.82) is 0 Å². The van der Waals surface area contributed by atoms with Crippen molar-refractivity contribution in [3.8, 4) is 5.75 Å². The van der Waals surface area contributed by atoms with Crippen molar-refractivity contribution in [2.24, 2.45) is 11.8 Å². The second kappa shape index (κ2) is 10.1. The summed E-state index contributed by atoms with van der Waals surface area (Å²) in [6.07, 6.45) is 4.40. The molecule has 0 radical (unpaired) electrons. The highest BCUT2D eigenvalue weighted by Gasteiger charge is 2.30. The minimum Gasteiger partial charge on any atom is -0.489 e. The van der Waals surface area contributed by atoms with Crippen molar-refractivity contribution in [2.75, 3.05) is 26.2 Å². The van der Waals surface area contributed by atoms with Gasteiger partial charge in [0, 0.05) is 25.6 Å². The summed E-state index contributed by atoms with van der Waals surface area (Å²) in [4.78, 5) is 17.5. The molecule has 160 valence electrons. The number of likely N-dealkylation sites (tertiary alicyclic amines) is 2. The maximum absolute atomic E-state index is 12.9. The monoisotopic (exact) mass is 406 g/mol. The molecule has 2 aliphatic heterocycles. The number of benzene rings is 2. The Balaban J connectivity index is 1.21. The normalized spacial score (nSPS) is 20.8. The van der Waals surface area contributed by atoms with E-state index in [1.807, 2.05) is 18.2 Å². The number of carbonyl (C=O) groups excluding carboxylic acids is 1. The van der Waals surface area contributed by atoms with Crippen molar-refractivity contribution in [1.82, 2.24) is 9.80 Å². The third-order valence-corrected chi connectivity index (χ3v) is 6.48. The van der Waals surface area contributed by atoms with Gasteiger partial charge < -0.3 is 9.64 Å². The zero-order valence-corrected chi connectivity index (χ0v) is 18.1. The average molecular weight is 407 g/mol. The number of amides is 1. The molecule has 0 saturated carbocycles. The molecule has 0 unspecified atom stereocenters. The van der Waals surface area contributed by atoms with Gasteiger partial charge in [0.05, 0.1) is 0 Å². The number of rotatable bonds is 6. The lowest BCUT2D eigenvalue weighted by Crippen LogP contribution is -2.45. The van der Waals surface area contributed by atoms with E-state index in [1.165, 1.54) is 17.5 Å². The zero-order valence-electron chi connectivity index (χ0n) is 18.1. The Bertz CT molecular complexity index is 798. The molecule has 2 heterocycles. The Kier molecular flexibility index (Phi) is 7.06. The quantitative estimate of drug-likeness (QED) is 0.695. The fraction of sp³-hybridized carbons (Fsp3) is 0.500. The summed E-state index contributed by atoms with van der Waals surface area (Å²) in [5.74, 6) is 2.19. The predicted octanol–water partition coefficient (Wildman–Crippen LogP) is 4.74. The van der Waals surface area contributed by atoms with Gasteiger partial charge in [0.2, 0.25) is 5.91 Å². The van der Waals surface area contributed by atoms with Crippen LogP contribution in [0.25, 0.3) is 0 Å². The third kappa shape index (κ3) is 5.63. The Morgan fingerprint density at radius 1 is 0.933 bits per heavy atom. The van der Waals surface area contributed by atoms with E-state index in [4.69, 9.17) is 4.74 Å². The molecule has 0 aromatic heterocycles. The first kappa shape index (κ1) is 20.9. The van der Waals surface area contributed by atoms with Gasteiger partial charge >= 0.3 is 0 Å². The summed E-state index contributed by atoms with van der Waals surface area (Å²) in [5.41, 5.74) is 2.48. The molecule has 1 amide bonds. The van der Waals surface area contributed by atoms with Crippen molar-refractivity contribution in [3.05, 3.63) is 65.7 Å². The minimum absolute atomic E-state index is 0.223. The second-order valence-electron chi connectivity index (χ2n) is 9.00. The number of nitrogens with zero attached hydrogens (tertiary/aromatic N) is 2. The van der Waals surface area contributed by atoms with Crippen LogP contribution in [0.1, 0.15) is 43.7 Å². The Morgan fingerprint density at radius 2 is 1.67 bits per heavy atom. The average Bonchev–Trinajstić information content (AvgIpc) is 2.79. The Hall–Kier alpha value is -2.33. The maximum atomic E-state index is 12.9. The van der Waals surface area contributed by atoms with Crippen LogP contribution in [0, 0.1) is 11.8 Å². The molecule has 0 N–H and O–H groups in total. The Morgan fingerprint density at radius 3 is 2.37 bits per heavy atom. The van der Waals surface area contributed by atoms with Crippen LogP contribution in [0.5, 0.6) is 5.75 Å². The molecule has 2 aliphatic rings. The number of carbonyl (C=O) groups is 1. The molecule has 1 atom stereocenters. The van der Waals surface area contributed by atoms with Gasteiger partial charge in [0.1, 0.15) is 12.4 Å². The van der Waals surface area contributed by atoms with E-state index in [9.17, 15) is 4.79 Å². The van der Waals surface area contributed by atoms with Crippen LogP contribution in [-0.2, 0) is 17.9 Å². The largest absolute Gasteiger partial charge is 0.489 e. The first-order valence-corrected chi connectivity index (χ1v) is 11.4. The van der Waals surface area contributed by atoms with Crippen LogP contribution in [0.4, 0.5) is 0 Å². The van der Waals surface area contributed by atoms with Crippen LogP contribution in [-0.4, -0.2) is 41.9 Å². The van der Waals surface area contributed by atoms with Gasteiger partial charge in [0.25, 0.3) is 0 Å². The molecular formula is C26H34N2O2. The lowest BCUT2D eigenvalue weighted by atomic mass is 9.92. The molecular weight excluding hydrogens is 372 g/mol. The summed E-state index contributed by atoms with van der Waals surface area (Å²) in [5, 5.41) is 0. The molecule has 4 nitrogen and oxygen atoms in total. The molecule has 2 aromatic carbocycles. The summed E-state index contributed by atoms with van der Waals surface area (Å²) in [7, 11) is 0. The summed E-state index contributed by atoms with van der Waals surface area (Å²) < 4.78 is 5.89. The molecule has 4 rings (SSSR count). The summed E-state index contributed by atoms with van der Waals surface area (Å²) in [6.45, 7) is 7.73. The van der Waals surface area contributed by atoms with Crippen LogP contribution in [0.2, 0.25) is 0 Å². The fourth-order valence-corrected chi connectivity index (χ4v) is 4.68. The van der Waals surface area contributed by atoms with Gasteiger partial charge in [-0.1, -0.05) is 49.4 Å². The SMILES string of the molecule is C[C@H]1CCCN(C(=O)C2CCN(Cc3ccc(OCc4ccccc4)cc3)CC2)C1. The minimum atomic E-state index is 0.223. The van der Waals surface area contributed by atoms with Gasteiger partial charge in [-0.25, -0.2) is 0 Å². The maximum Gasteiger partial charge on any atom is 0.225 e. The van der Waals surface area contributed by atoms with Crippen molar-refractivity contribution < 1.29 is 9.53 Å². The van der Waals surface area contributed by atoms with E-state index in [-0.39, 0.29) is 5.92 Å². The van der Waals surface area contributed by atoms with Gasteiger partial charge in [-0.05, 0) is 68.0 Å². The standard InChI is InChI=1S/C26H34N2O2/c1-21-6-5-15-28(18-21)26(29)24-13-16-27(17-14-24)19-22-9-11-25(12-10-22)30-20-23-7-3-2-4-8-23/h2-4,7-12,21,24H,5-6,13-20H2,1H3/t21-/m0/s1. The Labute approximate surface area is 180 Å². The molecule has 30 heavy (non-hydrogen) atoms. The zero-order chi connectivity index (χ0) is 20.8. The van der Waals surface area contributed by atoms with E-state index in [1.54, 1.807) is 0 Å². The van der Waals surface area contributed by atoms with Crippen LogP contribution in [0.3, 0.4) is 0 Å². The van der Waals surface area contributed by atoms with Crippen molar-refractivity contribution in [2.45, 2.75) is 45.8 Å². The third-order valence-electron chi connectivity index (χ3n) is 6.48. The van der Waals surface area contributed by atoms with Crippen LogP contribution in [0.15, 0.2) is 54.6 Å². The summed E-state index contributed by atoms with van der Waals surface area (Å²) in [6, 6.07) is 18.7. The fourth-order valence-electron chi connectivity index (χ4n) is 4.68. The molecule has 4 heteroatoms. The first-order chi connectivity index (χ1) is 14.7. The van der Waals surface area contributed by atoms with E-state index >= 15 is 0 Å². The number of ether oxygens (including phenoxy) is 1. The van der Waals surface area contributed by atoms with E-state index in [0.29, 0.717) is 18.4 Å². The molecule has 0 aliphatic carbocycles. The number of hydrogen-bond donors (Lipinski definition) is 0. The predicted molar refractivity (Wildman–Crippen MR) is 120 cm³/mol. The molecule has 2 saturated heterocycles. The van der Waals surface area contributed by atoms with E-state index in [2.05, 4.69) is 53.1 Å². The highest BCUT2D eigenvalue weighted by Crippen LogP contribution is 2.25. The number of hydrogen-bond acceptors (Lipinski definition) is 3. The van der Waals surface area contributed by atoms with Gasteiger partial charge in [0.15, 0.2) is 0 Å². The van der Waals surface area contributed by atoms with Crippen LogP contribution >= 0.6 is 0 Å².